The summed E-state index contributed by atoms with van der Waals surface area (Å²) in [4.78, 5) is 11.6. The molecule has 3 nitrogen and oxygen atoms in total. The molecule has 1 atom stereocenters. The van der Waals surface area contributed by atoms with Crippen LogP contribution in [0.3, 0.4) is 0 Å². The lowest BCUT2D eigenvalue weighted by atomic mass is 9.95. The number of nitrogens with one attached hydrogen (secondary N) is 1. The zero-order chi connectivity index (χ0) is 13.1. The van der Waals surface area contributed by atoms with Crippen LogP contribution in [0, 0.1) is 0 Å². The molecule has 0 rings (SSSR count). The number of esters is 1. The van der Waals surface area contributed by atoms with Crippen LogP contribution in [-0.4, -0.2) is 37.2 Å². The average Bonchev–Trinajstić information content (AvgIpc) is 2.36. The van der Waals surface area contributed by atoms with Crippen LogP contribution in [0.5, 0.6) is 0 Å². The molecule has 0 amide bonds. The van der Waals surface area contributed by atoms with Gasteiger partial charge in [-0.1, -0.05) is 19.8 Å². The number of carbonyl (C=O) groups is 1. The van der Waals surface area contributed by atoms with Crippen molar-refractivity contribution < 1.29 is 9.53 Å². The molecule has 17 heavy (non-hydrogen) atoms. The lowest BCUT2D eigenvalue weighted by Gasteiger charge is -2.25. The summed E-state index contributed by atoms with van der Waals surface area (Å²) in [6, 6.07) is 0. The highest BCUT2D eigenvalue weighted by Gasteiger charge is 2.31. The third-order valence-corrected chi connectivity index (χ3v) is 4.20. The molecule has 0 heterocycles. The van der Waals surface area contributed by atoms with Gasteiger partial charge in [-0.25, -0.2) is 0 Å². The van der Waals surface area contributed by atoms with E-state index in [4.69, 9.17) is 4.74 Å². The number of rotatable bonds is 10. The minimum absolute atomic E-state index is 0.168. The zero-order valence-electron chi connectivity index (χ0n) is 11.7. The van der Waals surface area contributed by atoms with Gasteiger partial charge in [-0.2, -0.15) is 11.8 Å². The summed E-state index contributed by atoms with van der Waals surface area (Å²) in [5, 5.41) is 3.06. The van der Waals surface area contributed by atoms with Crippen LogP contribution in [-0.2, 0) is 9.53 Å². The fourth-order valence-corrected chi connectivity index (χ4v) is 2.69. The normalized spacial score (nSPS) is 14.4. The molecule has 0 fully saturated rings. The predicted molar refractivity (Wildman–Crippen MR) is 75.6 cm³/mol. The smallest absolute Gasteiger partial charge is 0.325 e. The summed E-state index contributed by atoms with van der Waals surface area (Å²) >= 11 is 2.01. The van der Waals surface area contributed by atoms with Gasteiger partial charge in [-0.3, -0.25) is 4.79 Å². The average molecular weight is 261 g/mol. The highest BCUT2D eigenvalue weighted by atomic mass is 32.2. The maximum Gasteiger partial charge on any atom is 0.325 e. The molecule has 1 unspecified atom stereocenters. The molecule has 0 aromatic heterocycles. The molecule has 0 spiro atoms. The van der Waals surface area contributed by atoms with Crippen LogP contribution in [0.15, 0.2) is 0 Å². The molecule has 0 aliphatic carbocycles. The highest BCUT2D eigenvalue weighted by molar-refractivity contribution is 7.99. The first-order chi connectivity index (χ1) is 8.10. The van der Waals surface area contributed by atoms with Crippen LogP contribution < -0.4 is 5.32 Å². The van der Waals surface area contributed by atoms with Gasteiger partial charge in [-0.05, 0) is 44.7 Å². The van der Waals surface area contributed by atoms with Crippen molar-refractivity contribution >= 4 is 17.7 Å². The van der Waals surface area contributed by atoms with E-state index in [-0.39, 0.29) is 5.97 Å². The van der Waals surface area contributed by atoms with Crippen molar-refractivity contribution in [3.8, 4) is 0 Å². The van der Waals surface area contributed by atoms with Gasteiger partial charge in [-0.15, -0.1) is 0 Å². The first-order valence-electron chi connectivity index (χ1n) is 6.45. The number of hydrogen-bond donors (Lipinski definition) is 1. The van der Waals surface area contributed by atoms with E-state index in [2.05, 4.69) is 12.2 Å². The van der Waals surface area contributed by atoms with Gasteiger partial charge in [0.15, 0.2) is 0 Å². The minimum Gasteiger partial charge on any atom is -0.468 e. The number of hydrogen-bond acceptors (Lipinski definition) is 4. The summed E-state index contributed by atoms with van der Waals surface area (Å²) in [5.74, 6) is 2.29. The molecule has 1 N–H and O–H groups in total. The molecule has 4 heteroatoms. The predicted octanol–water partition coefficient (Wildman–Crippen LogP) is 2.84. The summed E-state index contributed by atoms with van der Waals surface area (Å²) < 4.78 is 4.81. The Labute approximate surface area is 110 Å². The van der Waals surface area contributed by atoms with Gasteiger partial charge in [0, 0.05) is 0 Å². The largest absolute Gasteiger partial charge is 0.468 e. The van der Waals surface area contributed by atoms with E-state index >= 15 is 0 Å². The van der Waals surface area contributed by atoms with Crippen LogP contribution in [0.2, 0.25) is 0 Å². The molecule has 0 bridgehead atoms. The topological polar surface area (TPSA) is 38.3 Å². The highest BCUT2D eigenvalue weighted by Crippen LogP contribution is 2.17. The first-order valence-corrected chi connectivity index (χ1v) is 7.61. The molecule has 102 valence electrons. The molecular weight excluding hydrogens is 234 g/mol. The number of thioether (sulfide) groups is 1. The Morgan fingerprint density at radius 1 is 1.29 bits per heavy atom. The van der Waals surface area contributed by atoms with E-state index in [1.807, 2.05) is 25.7 Å². The third-order valence-electron chi connectivity index (χ3n) is 3.05. The van der Waals surface area contributed by atoms with E-state index in [0.29, 0.717) is 0 Å². The zero-order valence-corrected chi connectivity index (χ0v) is 12.5. The van der Waals surface area contributed by atoms with Gasteiger partial charge in [0.25, 0.3) is 0 Å². The molecule has 0 aliphatic heterocycles. The Bertz CT molecular complexity index is 212. The Hall–Kier alpha value is -0.220. The molecule has 0 radical (unpaired) electrons. The van der Waals surface area contributed by atoms with Crippen molar-refractivity contribution in [1.82, 2.24) is 5.32 Å². The van der Waals surface area contributed by atoms with Gasteiger partial charge in [0.1, 0.15) is 5.54 Å². The minimum atomic E-state index is -0.525. The summed E-state index contributed by atoms with van der Waals surface area (Å²) in [7, 11) is 3.26. The second-order valence-electron chi connectivity index (χ2n) is 4.50. The van der Waals surface area contributed by atoms with Crippen LogP contribution >= 0.6 is 11.8 Å². The Morgan fingerprint density at radius 2 is 1.94 bits per heavy atom. The van der Waals surface area contributed by atoms with E-state index in [9.17, 15) is 4.79 Å². The molecule has 0 saturated heterocycles. The maximum absolute atomic E-state index is 11.6. The number of unbranched alkanes of at least 4 members (excludes halogenated alkanes) is 2. The molecule has 0 aromatic rings. The van der Waals surface area contributed by atoms with Crippen molar-refractivity contribution in [2.24, 2.45) is 0 Å². The van der Waals surface area contributed by atoms with Crippen molar-refractivity contribution in [1.29, 1.82) is 0 Å². The van der Waals surface area contributed by atoms with E-state index < -0.39 is 5.54 Å². The van der Waals surface area contributed by atoms with Gasteiger partial charge >= 0.3 is 5.97 Å². The summed E-state index contributed by atoms with van der Waals surface area (Å²) in [6.07, 6.45) is 5.65. The molecular formula is C13H27NO2S. The number of ether oxygens (including phenoxy) is 1. The summed E-state index contributed by atoms with van der Waals surface area (Å²) in [6.45, 7) is 4.12. The standard InChI is InChI=1S/C13H27NO2S/c1-5-6-10-17-11-8-7-9-13(2,14-3)12(15)16-4/h14H,5-11H2,1-4H3. The van der Waals surface area contributed by atoms with Gasteiger partial charge < -0.3 is 10.1 Å². The maximum atomic E-state index is 11.6. The first kappa shape index (κ1) is 16.8. The molecule has 0 saturated carbocycles. The van der Waals surface area contributed by atoms with E-state index in [0.717, 1.165) is 12.8 Å². The monoisotopic (exact) mass is 261 g/mol. The van der Waals surface area contributed by atoms with Crippen molar-refractivity contribution in [2.75, 3.05) is 25.7 Å². The quantitative estimate of drug-likeness (QED) is 0.485. The van der Waals surface area contributed by atoms with Crippen LogP contribution in [0.25, 0.3) is 0 Å². The molecule has 0 aliphatic rings. The SMILES string of the molecule is CCCCSCCCCC(C)(NC)C(=O)OC. The van der Waals surface area contributed by atoms with Crippen molar-refractivity contribution in [3.05, 3.63) is 0 Å². The Morgan fingerprint density at radius 3 is 2.47 bits per heavy atom. The lowest BCUT2D eigenvalue weighted by molar-refractivity contribution is -0.148. The number of carbonyl (C=O) groups excluding carboxylic acids is 1. The van der Waals surface area contributed by atoms with Crippen molar-refractivity contribution in [3.63, 3.8) is 0 Å². The lowest BCUT2D eigenvalue weighted by Crippen LogP contribution is -2.48. The third kappa shape index (κ3) is 6.94. The van der Waals surface area contributed by atoms with Gasteiger partial charge in [0.05, 0.1) is 7.11 Å². The molecule has 0 aromatic carbocycles. The Balaban J connectivity index is 3.67. The fourth-order valence-electron chi connectivity index (χ4n) is 1.59. The van der Waals surface area contributed by atoms with Gasteiger partial charge in [0.2, 0.25) is 0 Å². The Kier molecular flexibility index (Phi) is 9.65. The van der Waals surface area contributed by atoms with E-state index in [1.165, 1.54) is 37.9 Å². The second kappa shape index (κ2) is 9.77. The van der Waals surface area contributed by atoms with Crippen molar-refractivity contribution in [2.45, 2.75) is 51.5 Å². The second-order valence-corrected chi connectivity index (χ2v) is 5.72. The number of methoxy groups -OCH3 is 1. The summed E-state index contributed by atoms with van der Waals surface area (Å²) in [5.41, 5.74) is -0.525. The fraction of sp³-hybridized carbons (Fsp3) is 0.923. The van der Waals surface area contributed by atoms with E-state index in [1.54, 1.807) is 0 Å². The van der Waals surface area contributed by atoms with Crippen LogP contribution in [0.1, 0.15) is 46.0 Å². The number of likely N-dealkylation sites (N-methyl/N-ethyl adjacent to an activating group) is 1. The van der Waals surface area contributed by atoms with Crippen LogP contribution in [0.4, 0.5) is 0 Å².